The molecule has 4 nitrogen and oxygen atoms in total. The molecule has 1 aromatic rings. The Kier molecular flexibility index (Phi) is 1.70. The maximum Gasteiger partial charge on any atom is 0.301 e. The minimum atomic E-state index is -0.770. The zero-order chi connectivity index (χ0) is 10.3. The fraction of sp³-hybridized carbons (Fsp3) is 0.100. The summed E-state index contributed by atoms with van der Waals surface area (Å²) in [5.41, 5.74) is 0.486. The van der Waals surface area contributed by atoms with Gasteiger partial charge in [-0.15, -0.1) is 0 Å². The second-order valence-electron chi connectivity index (χ2n) is 3.04. The van der Waals surface area contributed by atoms with Crippen molar-refractivity contribution in [2.75, 3.05) is 7.05 Å². The van der Waals surface area contributed by atoms with Crippen molar-refractivity contribution in [1.82, 2.24) is 4.90 Å². The van der Waals surface area contributed by atoms with E-state index in [0.717, 1.165) is 4.90 Å². The number of likely N-dealkylation sites (N-methyl/N-ethyl adjacent to an activating group) is 1. The summed E-state index contributed by atoms with van der Waals surface area (Å²) >= 11 is 0. The molecule has 0 unspecified atom stereocenters. The molecule has 1 aliphatic heterocycles. The van der Waals surface area contributed by atoms with Crippen LogP contribution in [0.5, 0.6) is 0 Å². The molecule has 0 fully saturated rings. The Hall–Kier alpha value is -1.97. The third-order valence-corrected chi connectivity index (χ3v) is 2.21. The molecule has 0 saturated heterocycles. The van der Waals surface area contributed by atoms with Crippen molar-refractivity contribution in [2.45, 2.75) is 0 Å². The topological polar surface area (TPSA) is 54.5 Å². The molecule has 70 valence electrons. The van der Waals surface area contributed by atoms with Crippen LogP contribution in [0.25, 0.3) is 0 Å². The second kappa shape index (κ2) is 2.77. The molecule has 2 rings (SSSR count). The first-order valence-corrected chi connectivity index (χ1v) is 4.08. The summed E-state index contributed by atoms with van der Waals surface area (Å²) in [5.74, 6) is -1.82. The predicted molar refractivity (Wildman–Crippen MR) is 47.9 cm³/mol. The molecule has 0 saturated carbocycles. The molecule has 1 heterocycles. The fourth-order valence-corrected chi connectivity index (χ4v) is 1.41. The summed E-state index contributed by atoms with van der Waals surface area (Å²) in [6.45, 7) is 0. The first-order valence-electron chi connectivity index (χ1n) is 4.08. The number of fused-ring (bicyclic) bond motifs is 1. The highest BCUT2D eigenvalue weighted by Gasteiger charge is 2.34. The second-order valence-corrected chi connectivity index (χ2v) is 3.04. The van der Waals surface area contributed by atoms with Gasteiger partial charge in [0.1, 0.15) is 0 Å². The van der Waals surface area contributed by atoms with E-state index in [4.69, 9.17) is 0 Å². The number of hydrogen-bond acceptors (Lipinski definition) is 3. The van der Waals surface area contributed by atoms with Crippen molar-refractivity contribution < 1.29 is 14.4 Å². The normalized spacial score (nSPS) is 15.8. The van der Waals surface area contributed by atoms with Crippen LogP contribution in [-0.2, 0) is 4.79 Å². The third-order valence-electron chi connectivity index (χ3n) is 2.21. The quantitative estimate of drug-likeness (QED) is 0.440. The molecule has 0 N–H and O–H groups in total. The molecule has 14 heavy (non-hydrogen) atoms. The smallest absolute Gasteiger partial charge is 0.283 e. The number of hydrogen-bond donors (Lipinski definition) is 0. The summed E-state index contributed by atoms with van der Waals surface area (Å²) in [6, 6.07) is 6.31. The minimum absolute atomic E-state index is 0.195. The zero-order valence-corrected chi connectivity index (χ0v) is 7.48. The number of amides is 2. The van der Waals surface area contributed by atoms with Gasteiger partial charge in [0.25, 0.3) is 11.7 Å². The lowest BCUT2D eigenvalue weighted by atomic mass is 9.98. The Morgan fingerprint density at radius 1 is 0.929 bits per heavy atom. The summed E-state index contributed by atoms with van der Waals surface area (Å²) in [7, 11) is 1.30. The van der Waals surface area contributed by atoms with Gasteiger partial charge in [-0.2, -0.15) is 0 Å². The van der Waals surface area contributed by atoms with Crippen molar-refractivity contribution in [3.8, 4) is 0 Å². The lowest BCUT2D eigenvalue weighted by molar-refractivity contribution is -0.123. The summed E-state index contributed by atoms with van der Waals surface area (Å²) in [6.07, 6.45) is 0. The molecule has 1 aromatic carbocycles. The average molecular weight is 189 g/mol. The van der Waals surface area contributed by atoms with Gasteiger partial charge >= 0.3 is 5.91 Å². The Balaban J connectivity index is 2.68. The average Bonchev–Trinajstić information content (AvgIpc) is 2.23. The zero-order valence-electron chi connectivity index (χ0n) is 7.48. The van der Waals surface area contributed by atoms with E-state index in [1.807, 2.05) is 0 Å². The Morgan fingerprint density at radius 2 is 1.50 bits per heavy atom. The van der Waals surface area contributed by atoms with Crippen LogP contribution in [0.1, 0.15) is 20.7 Å². The highest BCUT2D eigenvalue weighted by molar-refractivity contribution is 6.49. The monoisotopic (exact) mass is 189 g/mol. The van der Waals surface area contributed by atoms with Crippen LogP contribution in [0.3, 0.4) is 0 Å². The van der Waals surface area contributed by atoms with Crippen LogP contribution in [0.2, 0.25) is 0 Å². The molecule has 0 spiro atoms. The number of ketones is 1. The lowest BCUT2D eigenvalue weighted by Crippen LogP contribution is -2.43. The third kappa shape index (κ3) is 0.970. The number of imide groups is 1. The van der Waals surface area contributed by atoms with Gasteiger partial charge in [-0.05, 0) is 6.07 Å². The van der Waals surface area contributed by atoms with Crippen LogP contribution in [0, 0.1) is 0 Å². The number of carbonyl (C=O) groups is 3. The molecule has 0 bridgehead atoms. The van der Waals surface area contributed by atoms with Gasteiger partial charge in [-0.3, -0.25) is 19.3 Å². The molecule has 0 aromatic heterocycles. The van der Waals surface area contributed by atoms with Crippen molar-refractivity contribution in [1.29, 1.82) is 0 Å². The van der Waals surface area contributed by atoms with E-state index in [2.05, 4.69) is 0 Å². The summed E-state index contributed by atoms with van der Waals surface area (Å²) < 4.78 is 0. The number of benzene rings is 1. The largest absolute Gasteiger partial charge is 0.301 e. The molecular weight excluding hydrogens is 182 g/mol. The van der Waals surface area contributed by atoms with Crippen LogP contribution in [0.15, 0.2) is 24.3 Å². The Bertz CT molecular complexity index is 450. The number of nitrogens with zero attached hydrogens (tertiary/aromatic N) is 1. The standard InChI is InChI=1S/C10H7NO3/c1-11-9(13)7-5-3-2-4-6(7)8(12)10(11)14/h2-5H,1H3. The number of carbonyl (C=O) groups excluding carboxylic acids is 3. The van der Waals surface area contributed by atoms with E-state index >= 15 is 0 Å². The SMILES string of the molecule is CN1C(=O)C(=O)c2ccccc2C1=O. The highest BCUT2D eigenvalue weighted by atomic mass is 16.2. The van der Waals surface area contributed by atoms with E-state index < -0.39 is 17.6 Å². The van der Waals surface area contributed by atoms with Crippen molar-refractivity contribution in [2.24, 2.45) is 0 Å². The predicted octanol–water partition coefficient (Wildman–Crippen LogP) is 0.482. The van der Waals surface area contributed by atoms with Crippen LogP contribution in [-0.4, -0.2) is 29.5 Å². The van der Waals surface area contributed by atoms with Gasteiger partial charge in [0, 0.05) is 12.6 Å². The maximum atomic E-state index is 11.5. The van der Waals surface area contributed by atoms with E-state index in [0.29, 0.717) is 5.56 Å². The summed E-state index contributed by atoms with van der Waals surface area (Å²) in [4.78, 5) is 35.0. The van der Waals surface area contributed by atoms with Crippen LogP contribution < -0.4 is 0 Å². The molecule has 4 heteroatoms. The highest BCUT2D eigenvalue weighted by Crippen LogP contribution is 2.17. The number of rotatable bonds is 0. The Morgan fingerprint density at radius 3 is 2.14 bits per heavy atom. The molecule has 1 aliphatic rings. The molecule has 0 aliphatic carbocycles. The van der Waals surface area contributed by atoms with Gasteiger partial charge < -0.3 is 0 Å². The number of Topliss-reactive ketones (excluding diaryl/α,β-unsaturated/α-hetero) is 1. The summed E-state index contributed by atoms with van der Waals surface area (Å²) in [5, 5.41) is 0. The van der Waals surface area contributed by atoms with E-state index in [9.17, 15) is 14.4 Å². The fourth-order valence-electron chi connectivity index (χ4n) is 1.41. The molecule has 0 atom stereocenters. The van der Waals surface area contributed by atoms with Gasteiger partial charge in [0.05, 0.1) is 5.56 Å². The lowest BCUT2D eigenvalue weighted by Gasteiger charge is -2.21. The van der Waals surface area contributed by atoms with E-state index in [-0.39, 0.29) is 5.56 Å². The molecule has 0 radical (unpaired) electrons. The van der Waals surface area contributed by atoms with Crippen molar-refractivity contribution in [3.63, 3.8) is 0 Å². The van der Waals surface area contributed by atoms with E-state index in [1.54, 1.807) is 18.2 Å². The van der Waals surface area contributed by atoms with Gasteiger partial charge in [-0.1, -0.05) is 18.2 Å². The first kappa shape index (κ1) is 8.62. The Labute approximate surface area is 80.1 Å². The molecule has 2 amide bonds. The minimum Gasteiger partial charge on any atom is -0.283 e. The maximum absolute atomic E-state index is 11.5. The van der Waals surface area contributed by atoms with Crippen molar-refractivity contribution >= 4 is 17.6 Å². The van der Waals surface area contributed by atoms with Crippen molar-refractivity contribution in [3.05, 3.63) is 35.4 Å². The van der Waals surface area contributed by atoms with Gasteiger partial charge in [0.2, 0.25) is 0 Å². The first-order chi connectivity index (χ1) is 6.63. The van der Waals surface area contributed by atoms with Crippen LogP contribution >= 0.6 is 0 Å². The van der Waals surface area contributed by atoms with Gasteiger partial charge in [-0.25, -0.2) is 0 Å². The van der Waals surface area contributed by atoms with Gasteiger partial charge in [0.15, 0.2) is 0 Å². The van der Waals surface area contributed by atoms with E-state index in [1.165, 1.54) is 13.1 Å². The molecular formula is C10H7NO3. The van der Waals surface area contributed by atoms with Crippen LogP contribution in [0.4, 0.5) is 0 Å².